The lowest BCUT2D eigenvalue weighted by atomic mass is 10.0. The van der Waals surface area contributed by atoms with Crippen molar-refractivity contribution >= 4 is 17.6 Å². The Balaban J connectivity index is 2.56. The number of nitrogens with one attached hydrogen (secondary N) is 1. The standard InChI is InChI=1S/C10H9NO3/c1-5-2-6(10(13)14)3-8-7(5)4-9(12)11-8/h2-3H,4H2,1H3,(H,11,12)(H,13,14). The van der Waals surface area contributed by atoms with Gasteiger partial charge in [0.05, 0.1) is 12.0 Å². The zero-order valence-electron chi connectivity index (χ0n) is 7.63. The molecule has 0 fully saturated rings. The monoisotopic (exact) mass is 191 g/mol. The molecule has 0 saturated heterocycles. The molecule has 1 aromatic rings. The first-order valence-electron chi connectivity index (χ1n) is 4.24. The number of carbonyl (C=O) groups excluding carboxylic acids is 1. The number of fused-ring (bicyclic) bond motifs is 1. The van der Waals surface area contributed by atoms with Gasteiger partial charge < -0.3 is 10.4 Å². The number of carboxylic acid groups (broad SMARTS) is 1. The van der Waals surface area contributed by atoms with Gasteiger partial charge in [-0.2, -0.15) is 0 Å². The second kappa shape index (κ2) is 2.83. The number of rotatable bonds is 1. The van der Waals surface area contributed by atoms with Gasteiger partial charge in [-0.05, 0) is 30.2 Å². The van der Waals surface area contributed by atoms with E-state index >= 15 is 0 Å². The lowest BCUT2D eigenvalue weighted by Crippen LogP contribution is -2.04. The highest BCUT2D eigenvalue weighted by Crippen LogP contribution is 2.27. The number of anilines is 1. The predicted molar refractivity (Wildman–Crippen MR) is 50.5 cm³/mol. The van der Waals surface area contributed by atoms with Gasteiger partial charge in [-0.25, -0.2) is 4.79 Å². The summed E-state index contributed by atoms with van der Waals surface area (Å²) in [4.78, 5) is 21.8. The highest BCUT2D eigenvalue weighted by molar-refractivity contribution is 6.01. The predicted octanol–water partition coefficient (Wildman–Crippen LogP) is 1.19. The van der Waals surface area contributed by atoms with Crippen molar-refractivity contribution in [3.8, 4) is 0 Å². The number of aryl methyl sites for hydroxylation is 1. The third-order valence-electron chi connectivity index (χ3n) is 2.33. The molecule has 1 aliphatic heterocycles. The molecule has 1 heterocycles. The molecule has 0 spiro atoms. The van der Waals surface area contributed by atoms with Crippen molar-refractivity contribution in [1.82, 2.24) is 0 Å². The summed E-state index contributed by atoms with van der Waals surface area (Å²) in [7, 11) is 0. The van der Waals surface area contributed by atoms with Crippen LogP contribution in [0.4, 0.5) is 5.69 Å². The third kappa shape index (κ3) is 1.25. The third-order valence-corrected chi connectivity index (χ3v) is 2.33. The Kier molecular flexibility index (Phi) is 1.77. The summed E-state index contributed by atoms with van der Waals surface area (Å²) >= 11 is 0. The normalized spacial score (nSPS) is 13.6. The van der Waals surface area contributed by atoms with Crippen LogP contribution in [0.15, 0.2) is 12.1 Å². The highest BCUT2D eigenvalue weighted by Gasteiger charge is 2.21. The van der Waals surface area contributed by atoms with Crippen LogP contribution in [0.2, 0.25) is 0 Å². The van der Waals surface area contributed by atoms with Crippen molar-refractivity contribution in [3.63, 3.8) is 0 Å². The van der Waals surface area contributed by atoms with E-state index in [1.807, 2.05) is 6.92 Å². The van der Waals surface area contributed by atoms with Crippen molar-refractivity contribution in [1.29, 1.82) is 0 Å². The topological polar surface area (TPSA) is 66.4 Å². The van der Waals surface area contributed by atoms with Crippen LogP contribution in [-0.2, 0) is 11.2 Å². The molecule has 0 aliphatic carbocycles. The van der Waals surface area contributed by atoms with Crippen LogP contribution >= 0.6 is 0 Å². The Morgan fingerprint density at radius 1 is 1.50 bits per heavy atom. The van der Waals surface area contributed by atoms with Gasteiger partial charge in [0.1, 0.15) is 0 Å². The van der Waals surface area contributed by atoms with E-state index in [9.17, 15) is 9.59 Å². The van der Waals surface area contributed by atoms with Crippen LogP contribution < -0.4 is 5.32 Å². The lowest BCUT2D eigenvalue weighted by molar-refractivity contribution is -0.115. The molecule has 0 atom stereocenters. The second-order valence-corrected chi connectivity index (χ2v) is 3.35. The second-order valence-electron chi connectivity index (χ2n) is 3.35. The van der Waals surface area contributed by atoms with Crippen LogP contribution in [0.25, 0.3) is 0 Å². The number of aromatic carboxylic acids is 1. The molecule has 2 N–H and O–H groups in total. The molecule has 0 unspecified atom stereocenters. The number of amides is 1. The maximum atomic E-state index is 11.1. The van der Waals surface area contributed by atoms with Crippen LogP contribution in [0.3, 0.4) is 0 Å². The molecular weight excluding hydrogens is 182 g/mol. The van der Waals surface area contributed by atoms with Crippen molar-refractivity contribution < 1.29 is 14.7 Å². The minimum atomic E-state index is -0.975. The molecule has 1 aromatic carbocycles. The Bertz CT molecular complexity index is 437. The van der Waals surface area contributed by atoms with E-state index in [0.717, 1.165) is 11.1 Å². The van der Waals surface area contributed by atoms with Gasteiger partial charge >= 0.3 is 5.97 Å². The Hall–Kier alpha value is -1.84. The van der Waals surface area contributed by atoms with Crippen molar-refractivity contribution in [2.24, 2.45) is 0 Å². The number of benzene rings is 1. The first-order valence-corrected chi connectivity index (χ1v) is 4.24. The van der Waals surface area contributed by atoms with Crippen molar-refractivity contribution in [2.45, 2.75) is 13.3 Å². The quantitative estimate of drug-likeness (QED) is 0.700. The fraction of sp³-hybridized carbons (Fsp3) is 0.200. The van der Waals surface area contributed by atoms with E-state index < -0.39 is 5.97 Å². The van der Waals surface area contributed by atoms with Gasteiger partial charge in [0, 0.05) is 5.69 Å². The number of carbonyl (C=O) groups is 2. The molecule has 4 nitrogen and oxygen atoms in total. The molecular formula is C10H9NO3. The molecule has 0 radical (unpaired) electrons. The minimum Gasteiger partial charge on any atom is -0.478 e. The fourth-order valence-electron chi connectivity index (χ4n) is 1.64. The van der Waals surface area contributed by atoms with E-state index in [1.165, 1.54) is 6.07 Å². The van der Waals surface area contributed by atoms with Gasteiger partial charge in [0.2, 0.25) is 5.91 Å². The van der Waals surface area contributed by atoms with E-state index in [4.69, 9.17) is 5.11 Å². The van der Waals surface area contributed by atoms with Crippen LogP contribution in [0.1, 0.15) is 21.5 Å². The molecule has 1 aliphatic rings. The highest BCUT2D eigenvalue weighted by atomic mass is 16.4. The maximum Gasteiger partial charge on any atom is 0.335 e. The summed E-state index contributed by atoms with van der Waals surface area (Å²) < 4.78 is 0. The first-order chi connectivity index (χ1) is 6.58. The van der Waals surface area contributed by atoms with E-state index in [-0.39, 0.29) is 11.5 Å². The molecule has 72 valence electrons. The minimum absolute atomic E-state index is 0.0781. The molecule has 0 aromatic heterocycles. The van der Waals surface area contributed by atoms with Gasteiger partial charge in [-0.15, -0.1) is 0 Å². The summed E-state index contributed by atoms with van der Waals surface area (Å²) in [6.07, 6.45) is 0.348. The summed E-state index contributed by atoms with van der Waals surface area (Å²) in [5.41, 5.74) is 2.59. The Morgan fingerprint density at radius 3 is 2.86 bits per heavy atom. The SMILES string of the molecule is Cc1cc(C(=O)O)cc2c1CC(=O)N2. The van der Waals surface area contributed by atoms with Crippen molar-refractivity contribution in [3.05, 3.63) is 28.8 Å². The largest absolute Gasteiger partial charge is 0.478 e. The number of carboxylic acids is 1. The van der Waals surface area contributed by atoms with Crippen molar-refractivity contribution in [2.75, 3.05) is 5.32 Å². The molecule has 14 heavy (non-hydrogen) atoms. The molecule has 1 amide bonds. The van der Waals surface area contributed by atoms with Gasteiger partial charge in [-0.1, -0.05) is 0 Å². The lowest BCUT2D eigenvalue weighted by Gasteiger charge is -2.04. The molecule has 2 rings (SSSR count). The average molecular weight is 191 g/mol. The van der Waals surface area contributed by atoms with Crippen LogP contribution in [0, 0.1) is 6.92 Å². The van der Waals surface area contributed by atoms with Crippen LogP contribution in [0.5, 0.6) is 0 Å². The van der Waals surface area contributed by atoms with Crippen LogP contribution in [-0.4, -0.2) is 17.0 Å². The van der Waals surface area contributed by atoms with Gasteiger partial charge in [0.25, 0.3) is 0 Å². The fourth-order valence-corrected chi connectivity index (χ4v) is 1.64. The summed E-state index contributed by atoms with van der Waals surface area (Å²) in [6.45, 7) is 1.81. The summed E-state index contributed by atoms with van der Waals surface area (Å²) in [5.74, 6) is -1.05. The molecule has 0 bridgehead atoms. The Morgan fingerprint density at radius 2 is 2.21 bits per heavy atom. The smallest absolute Gasteiger partial charge is 0.335 e. The summed E-state index contributed by atoms with van der Waals surface area (Å²) in [5, 5.41) is 11.4. The summed E-state index contributed by atoms with van der Waals surface area (Å²) in [6, 6.07) is 3.08. The van der Waals surface area contributed by atoms with Gasteiger partial charge in [-0.3, -0.25) is 4.79 Å². The van der Waals surface area contributed by atoms with E-state index in [1.54, 1.807) is 6.07 Å². The van der Waals surface area contributed by atoms with E-state index in [2.05, 4.69) is 5.32 Å². The van der Waals surface area contributed by atoms with E-state index in [0.29, 0.717) is 12.1 Å². The number of hydrogen-bond donors (Lipinski definition) is 2. The Labute approximate surface area is 80.6 Å². The maximum absolute atomic E-state index is 11.1. The zero-order valence-corrected chi connectivity index (χ0v) is 7.63. The zero-order chi connectivity index (χ0) is 10.3. The average Bonchev–Trinajstić information content (AvgIpc) is 2.45. The molecule has 0 saturated carbocycles. The van der Waals surface area contributed by atoms with Gasteiger partial charge in [0.15, 0.2) is 0 Å². The first kappa shape index (κ1) is 8.74. The molecule has 4 heteroatoms. The number of hydrogen-bond acceptors (Lipinski definition) is 2.